The minimum absolute atomic E-state index is 0.0604. The lowest BCUT2D eigenvalue weighted by molar-refractivity contribution is -0.0517. The van der Waals surface area contributed by atoms with Gasteiger partial charge in [-0.3, -0.25) is 9.78 Å². The molecule has 118 valence electrons. The SMILES string of the molecule is O=C(c1cnccn1)N(C(=S)S)N(C(=S)S)N1CCSCC1. The van der Waals surface area contributed by atoms with Gasteiger partial charge in [0.15, 0.2) is 8.64 Å². The molecule has 0 radical (unpaired) electrons. The number of aromatic nitrogens is 2. The minimum Gasteiger partial charge on any atom is -0.265 e. The Morgan fingerprint density at radius 3 is 2.41 bits per heavy atom. The second-order valence-electron chi connectivity index (χ2n) is 4.13. The van der Waals surface area contributed by atoms with Gasteiger partial charge >= 0.3 is 0 Å². The van der Waals surface area contributed by atoms with Crippen LogP contribution in [0.3, 0.4) is 0 Å². The third-order valence-electron chi connectivity index (χ3n) is 2.77. The molecule has 1 aliphatic heterocycles. The van der Waals surface area contributed by atoms with E-state index in [9.17, 15) is 4.79 Å². The lowest BCUT2D eigenvalue weighted by Gasteiger charge is -2.42. The number of amides is 1. The highest BCUT2D eigenvalue weighted by atomic mass is 32.2. The Labute approximate surface area is 154 Å². The van der Waals surface area contributed by atoms with E-state index in [0.29, 0.717) is 0 Å². The Morgan fingerprint density at radius 1 is 1.23 bits per heavy atom. The smallest absolute Gasteiger partial charge is 0.265 e. The fourth-order valence-corrected chi connectivity index (χ4v) is 3.48. The Hall–Kier alpha value is -0.460. The summed E-state index contributed by atoms with van der Waals surface area (Å²) in [5.74, 6) is 1.40. The van der Waals surface area contributed by atoms with Crippen molar-refractivity contribution in [2.75, 3.05) is 24.6 Å². The highest BCUT2D eigenvalue weighted by molar-refractivity contribution is 8.11. The molecule has 0 saturated carbocycles. The van der Waals surface area contributed by atoms with Gasteiger partial charge in [-0.2, -0.15) is 26.9 Å². The van der Waals surface area contributed by atoms with E-state index < -0.39 is 5.91 Å². The number of carbonyl (C=O) groups is 1. The zero-order valence-electron chi connectivity index (χ0n) is 11.3. The molecular formula is C11H13N5OS5. The average Bonchev–Trinajstić information content (AvgIpc) is 2.52. The molecule has 0 spiro atoms. The Kier molecular flexibility index (Phi) is 6.84. The van der Waals surface area contributed by atoms with Gasteiger partial charge < -0.3 is 0 Å². The molecule has 22 heavy (non-hydrogen) atoms. The molecule has 11 heteroatoms. The van der Waals surface area contributed by atoms with Crippen molar-refractivity contribution in [1.29, 1.82) is 0 Å². The predicted molar refractivity (Wildman–Crippen MR) is 102 cm³/mol. The molecule has 0 N–H and O–H groups in total. The molecule has 2 heterocycles. The molecule has 0 unspecified atom stereocenters. The first kappa shape index (κ1) is 17.9. The third kappa shape index (κ3) is 4.30. The van der Waals surface area contributed by atoms with Crippen LogP contribution in [0.4, 0.5) is 0 Å². The van der Waals surface area contributed by atoms with Crippen molar-refractivity contribution in [3.63, 3.8) is 0 Å². The first-order chi connectivity index (χ1) is 10.5. The first-order valence-corrected chi connectivity index (χ1v) is 9.08. The topological polar surface area (TPSA) is 52.6 Å². The van der Waals surface area contributed by atoms with Gasteiger partial charge in [0.2, 0.25) is 0 Å². The fourth-order valence-electron chi connectivity index (χ4n) is 1.85. The number of thiocarbonyl (C=S) groups is 2. The maximum atomic E-state index is 12.7. The van der Waals surface area contributed by atoms with Gasteiger partial charge in [-0.1, -0.05) is 12.2 Å². The van der Waals surface area contributed by atoms with Crippen molar-refractivity contribution < 1.29 is 4.79 Å². The van der Waals surface area contributed by atoms with Crippen molar-refractivity contribution >= 4 is 76.0 Å². The van der Waals surface area contributed by atoms with E-state index in [0.717, 1.165) is 24.6 Å². The van der Waals surface area contributed by atoms with E-state index in [1.807, 2.05) is 16.8 Å². The maximum absolute atomic E-state index is 12.7. The summed E-state index contributed by atoms with van der Waals surface area (Å²) in [6.07, 6.45) is 4.30. The maximum Gasteiger partial charge on any atom is 0.299 e. The number of rotatable bonds is 2. The van der Waals surface area contributed by atoms with Crippen LogP contribution >= 0.6 is 61.5 Å². The molecular weight excluding hydrogens is 378 g/mol. The summed E-state index contributed by atoms with van der Waals surface area (Å²) >= 11 is 20.5. The van der Waals surface area contributed by atoms with E-state index in [1.54, 1.807) is 0 Å². The van der Waals surface area contributed by atoms with Crippen LogP contribution in [0.1, 0.15) is 10.5 Å². The first-order valence-electron chi connectivity index (χ1n) is 6.21. The summed E-state index contributed by atoms with van der Waals surface area (Å²) in [4.78, 5) is 20.6. The van der Waals surface area contributed by atoms with Crippen LogP contribution in [0.5, 0.6) is 0 Å². The predicted octanol–water partition coefficient (Wildman–Crippen LogP) is 1.53. The van der Waals surface area contributed by atoms with Crippen molar-refractivity contribution in [3.8, 4) is 0 Å². The largest absolute Gasteiger partial charge is 0.299 e. The number of hydrogen-bond donors (Lipinski definition) is 2. The van der Waals surface area contributed by atoms with Gasteiger partial charge in [0.25, 0.3) is 5.91 Å². The Bertz CT molecular complexity index is 565. The van der Waals surface area contributed by atoms with E-state index >= 15 is 0 Å². The molecule has 1 amide bonds. The normalized spacial score (nSPS) is 15.2. The van der Waals surface area contributed by atoms with Gasteiger partial charge in [-0.15, -0.1) is 25.3 Å². The zero-order chi connectivity index (χ0) is 16.1. The molecule has 1 saturated heterocycles. The highest BCUT2D eigenvalue weighted by Gasteiger charge is 2.32. The monoisotopic (exact) mass is 391 g/mol. The number of hydrazine groups is 2. The zero-order valence-corrected chi connectivity index (χ0v) is 15.6. The van der Waals surface area contributed by atoms with Crippen LogP contribution in [0, 0.1) is 0 Å². The van der Waals surface area contributed by atoms with Gasteiger partial charge in [0.05, 0.1) is 6.20 Å². The van der Waals surface area contributed by atoms with E-state index in [1.165, 1.54) is 28.7 Å². The summed E-state index contributed by atoms with van der Waals surface area (Å²) in [7, 11) is 0. The average molecular weight is 392 g/mol. The number of carbonyl (C=O) groups excluding carboxylic acids is 1. The Balaban J connectivity index is 2.33. The summed E-state index contributed by atoms with van der Waals surface area (Å²) in [5.41, 5.74) is 0.153. The van der Waals surface area contributed by atoms with Gasteiger partial charge in [0.1, 0.15) is 5.69 Å². The van der Waals surface area contributed by atoms with Crippen molar-refractivity contribution in [1.82, 2.24) is 25.1 Å². The summed E-state index contributed by atoms with van der Waals surface area (Å²) < 4.78 is 0.269. The number of thioether (sulfide) groups is 1. The minimum atomic E-state index is -0.456. The summed E-state index contributed by atoms with van der Waals surface area (Å²) in [5, 5.41) is 4.58. The molecule has 0 atom stereocenters. The van der Waals surface area contributed by atoms with Gasteiger partial charge in [-0.25, -0.2) is 4.98 Å². The second kappa shape index (κ2) is 8.41. The molecule has 1 aliphatic rings. The van der Waals surface area contributed by atoms with Crippen LogP contribution in [-0.2, 0) is 0 Å². The Morgan fingerprint density at radius 2 is 1.91 bits per heavy atom. The number of hydrogen-bond acceptors (Lipinski definition) is 7. The van der Waals surface area contributed by atoms with Gasteiger partial charge in [0, 0.05) is 37.0 Å². The fraction of sp³-hybridized carbons (Fsp3) is 0.364. The summed E-state index contributed by atoms with van der Waals surface area (Å²) in [6, 6.07) is 0. The molecule has 0 aliphatic carbocycles. The van der Waals surface area contributed by atoms with Crippen molar-refractivity contribution in [3.05, 3.63) is 24.3 Å². The van der Waals surface area contributed by atoms with Crippen LogP contribution < -0.4 is 0 Å². The molecule has 0 aromatic carbocycles. The highest BCUT2D eigenvalue weighted by Crippen LogP contribution is 2.19. The van der Waals surface area contributed by atoms with Crippen LogP contribution in [-0.4, -0.2) is 64.2 Å². The third-order valence-corrected chi connectivity index (χ3v) is 4.42. The molecule has 1 fully saturated rings. The van der Waals surface area contributed by atoms with Crippen molar-refractivity contribution in [2.45, 2.75) is 0 Å². The molecule has 2 rings (SSSR count). The lowest BCUT2D eigenvalue weighted by Crippen LogP contribution is -2.59. The summed E-state index contributed by atoms with van der Waals surface area (Å²) in [6.45, 7) is 1.46. The standard InChI is InChI=1S/C11H13N5OS5/c17-9(8-7-12-1-2-13-8)15(10(18)19)16(11(20)21)14-3-5-22-6-4-14/h1-2,7H,3-6H2,(H,18,19)(H,20,21). The molecule has 0 bridgehead atoms. The molecule has 6 nitrogen and oxygen atoms in total. The van der Waals surface area contributed by atoms with E-state index in [4.69, 9.17) is 24.4 Å². The molecule has 1 aromatic rings. The van der Waals surface area contributed by atoms with Gasteiger partial charge in [-0.05, 0) is 12.2 Å². The van der Waals surface area contributed by atoms with E-state index in [-0.39, 0.29) is 14.3 Å². The van der Waals surface area contributed by atoms with Crippen LogP contribution in [0.2, 0.25) is 0 Å². The quantitative estimate of drug-likeness (QED) is 0.447. The van der Waals surface area contributed by atoms with Crippen LogP contribution in [0.25, 0.3) is 0 Å². The van der Waals surface area contributed by atoms with E-state index in [2.05, 4.69) is 35.2 Å². The van der Waals surface area contributed by atoms with Crippen molar-refractivity contribution in [2.24, 2.45) is 0 Å². The molecule has 1 aromatic heterocycles. The number of nitrogens with zero attached hydrogens (tertiary/aromatic N) is 5. The number of thiol groups is 2. The van der Waals surface area contributed by atoms with Crippen LogP contribution in [0.15, 0.2) is 18.6 Å². The second-order valence-corrected chi connectivity index (χ2v) is 7.58. The lowest BCUT2D eigenvalue weighted by atomic mass is 10.4.